The first kappa shape index (κ1) is 34.3. The zero-order chi connectivity index (χ0) is 28.0. The van der Waals surface area contributed by atoms with Crippen LogP contribution in [0.15, 0.2) is 12.4 Å². The molecular formula is C32H58ClN3O3. The molecule has 1 unspecified atom stereocenters. The van der Waals surface area contributed by atoms with Gasteiger partial charge in [-0.2, -0.15) is 0 Å². The van der Waals surface area contributed by atoms with Crippen LogP contribution in [0.4, 0.5) is 5.82 Å². The molecule has 4 atom stereocenters. The summed E-state index contributed by atoms with van der Waals surface area (Å²) in [5.74, 6) is 0.793. The molecule has 0 bridgehead atoms. The summed E-state index contributed by atoms with van der Waals surface area (Å²) in [6.45, 7) is 3.18. The van der Waals surface area contributed by atoms with Crippen LogP contribution in [0.5, 0.6) is 0 Å². The number of nitrogens with zero attached hydrogens (tertiary/aromatic N) is 2. The summed E-state index contributed by atoms with van der Waals surface area (Å²) in [5.41, 5.74) is 0. The third-order valence-electron chi connectivity index (χ3n) is 8.16. The highest BCUT2D eigenvalue weighted by Gasteiger charge is 2.33. The number of rotatable bonds is 25. The average Bonchev–Trinajstić information content (AvgIpc) is 3.43. The van der Waals surface area contributed by atoms with Crippen molar-refractivity contribution >= 4 is 17.4 Å². The van der Waals surface area contributed by atoms with E-state index in [1.165, 1.54) is 103 Å². The van der Waals surface area contributed by atoms with E-state index in [1.54, 1.807) is 6.07 Å². The van der Waals surface area contributed by atoms with Crippen LogP contribution in [-0.2, 0) is 4.74 Å². The number of hydrogen-bond acceptors (Lipinski definition) is 6. The molecule has 1 aliphatic rings. The van der Waals surface area contributed by atoms with Crippen molar-refractivity contribution in [2.45, 2.75) is 173 Å². The molecule has 226 valence electrons. The van der Waals surface area contributed by atoms with E-state index < -0.39 is 0 Å². The Morgan fingerprint density at radius 1 is 0.744 bits per heavy atom. The zero-order valence-corrected chi connectivity index (χ0v) is 25.6. The van der Waals surface area contributed by atoms with E-state index in [0.717, 1.165) is 57.3 Å². The van der Waals surface area contributed by atoms with Gasteiger partial charge in [-0.05, 0) is 32.1 Å². The molecule has 2 rings (SSSR count). The molecule has 3 N–H and O–H groups in total. The molecule has 39 heavy (non-hydrogen) atoms. The van der Waals surface area contributed by atoms with Gasteiger partial charge in [-0.25, -0.2) is 9.97 Å². The van der Waals surface area contributed by atoms with Gasteiger partial charge in [0, 0.05) is 12.6 Å². The number of ether oxygens (including phenoxy) is 1. The van der Waals surface area contributed by atoms with Crippen molar-refractivity contribution in [3.8, 4) is 0 Å². The van der Waals surface area contributed by atoms with E-state index >= 15 is 0 Å². The van der Waals surface area contributed by atoms with E-state index in [2.05, 4.69) is 22.2 Å². The summed E-state index contributed by atoms with van der Waals surface area (Å²) in [6, 6.07) is 1.75. The Hall–Kier alpha value is -0.950. The molecule has 1 aliphatic heterocycles. The summed E-state index contributed by atoms with van der Waals surface area (Å²) >= 11 is 5.87. The predicted octanol–water partition coefficient (Wildman–Crippen LogP) is 8.63. The third kappa shape index (κ3) is 16.8. The smallest absolute Gasteiger partial charge is 0.134 e. The van der Waals surface area contributed by atoms with Gasteiger partial charge in [-0.15, -0.1) is 0 Å². The molecule has 6 nitrogen and oxygen atoms in total. The fourth-order valence-electron chi connectivity index (χ4n) is 5.65. The second-order valence-electron chi connectivity index (χ2n) is 11.7. The molecule has 0 spiro atoms. The highest BCUT2D eigenvalue weighted by atomic mass is 35.5. The lowest BCUT2D eigenvalue weighted by Crippen LogP contribution is -2.31. The number of halogens is 1. The van der Waals surface area contributed by atoms with E-state index in [9.17, 15) is 10.2 Å². The largest absolute Gasteiger partial charge is 0.390 e. The minimum atomic E-state index is -0.387. The molecule has 1 aromatic rings. The van der Waals surface area contributed by atoms with Crippen molar-refractivity contribution in [3.63, 3.8) is 0 Å². The Morgan fingerprint density at radius 3 is 1.69 bits per heavy atom. The number of hydrogen-bond donors (Lipinski definition) is 3. The SMILES string of the molecule is CCCCCCCCCCC[C@@H](O)[C@H]1CCC([C@H](O)CCCCCCCCCCCNc2cc(Cl)ncn2)O1. The molecule has 7 heteroatoms. The quantitative estimate of drug-likeness (QED) is 0.0809. The summed E-state index contributed by atoms with van der Waals surface area (Å²) in [4.78, 5) is 8.04. The van der Waals surface area contributed by atoms with Gasteiger partial charge in [0.1, 0.15) is 17.3 Å². The average molecular weight is 568 g/mol. The van der Waals surface area contributed by atoms with Crippen molar-refractivity contribution in [3.05, 3.63) is 17.5 Å². The molecule has 0 aliphatic carbocycles. The first-order valence-corrected chi connectivity index (χ1v) is 16.7. The first-order chi connectivity index (χ1) is 19.1. The van der Waals surface area contributed by atoms with Crippen molar-refractivity contribution in [2.75, 3.05) is 11.9 Å². The van der Waals surface area contributed by atoms with Gasteiger partial charge < -0.3 is 20.3 Å². The Labute approximate surface area is 244 Å². The standard InChI is InChI=1S/C32H58ClN3O3/c1-2-3-4-5-6-8-11-14-17-20-27(37)29-22-23-30(39-29)28(38)21-18-15-12-9-7-10-13-16-19-24-34-32-25-31(33)35-26-36-32/h25-30,37-38H,2-24H2,1H3,(H,34,35,36)/t27-,28-,29-,30?/m1/s1. The molecule has 1 aromatic heterocycles. The van der Waals surface area contributed by atoms with Gasteiger partial charge in [0.05, 0.1) is 24.4 Å². The molecule has 2 heterocycles. The van der Waals surface area contributed by atoms with Crippen LogP contribution in [0.25, 0.3) is 0 Å². The minimum absolute atomic E-state index is 0.0831. The molecular weight excluding hydrogens is 510 g/mol. The molecule has 0 aromatic carbocycles. The van der Waals surface area contributed by atoms with Crippen LogP contribution in [0.3, 0.4) is 0 Å². The first-order valence-electron chi connectivity index (χ1n) is 16.3. The fourth-order valence-corrected chi connectivity index (χ4v) is 5.80. The van der Waals surface area contributed by atoms with Gasteiger partial charge in [0.25, 0.3) is 0 Å². The van der Waals surface area contributed by atoms with Gasteiger partial charge in [0.15, 0.2) is 0 Å². The Kier molecular flexibility index (Phi) is 19.9. The summed E-state index contributed by atoms with van der Waals surface area (Å²) in [7, 11) is 0. The van der Waals surface area contributed by atoms with Crippen LogP contribution in [0.1, 0.15) is 148 Å². The van der Waals surface area contributed by atoms with Gasteiger partial charge in [0.2, 0.25) is 0 Å². The van der Waals surface area contributed by atoms with Crippen LogP contribution in [0, 0.1) is 0 Å². The van der Waals surface area contributed by atoms with Crippen molar-refractivity contribution in [1.29, 1.82) is 0 Å². The normalized spacial score (nSPS) is 18.9. The lowest BCUT2D eigenvalue weighted by Gasteiger charge is -2.22. The summed E-state index contributed by atoms with van der Waals surface area (Å²) < 4.78 is 6.08. The number of aromatic nitrogens is 2. The number of aliphatic hydroxyl groups excluding tert-OH is 2. The van der Waals surface area contributed by atoms with Crippen LogP contribution >= 0.6 is 11.6 Å². The number of anilines is 1. The van der Waals surface area contributed by atoms with E-state index in [0.29, 0.717) is 5.15 Å². The maximum atomic E-state index is 10.6. The maximum absolute atomic E-state index is 10.6. The highest BCUT2D eigenvalue weighted by molar-refractivity contribution is 6.29. The lowest BCUT2D eigenvalue weighted by atomic mass is 10.00. The number of unbranched alkanes of at least 4 members (excludes halogenated alkanes) is 16. The second kappa shape index (κ2) is 22.7. The van der Waals surface area contributed by atoms with Gasteiger partial charge in [-0.1, -0.05) is 128 Å². The Morgan fingerprint density at radius 2 is 1.21 bits per heavy atom. The van der Waals surface area contributed by atoms with Crippen LogP contribution < -0.4 is 5.32 Å². The fraction of sp³-hybridized carbons (Fsp3) is 0.875. The number of nitrogens with one attached hydrogen (secondary N) is 1. The van der Waals surface area contributed by atoms with Crippen molar-refractivity contribution < 1.29 is 14.9 Å². The Bertz CT molecular complexity index is 711. The van der Waals surface area contributed by atoms with Crippen molar-refractivity contribution in [1.82, 2.24) is 9.97 Å². The van der Waals surface area contributed by atoms with Gasteiger partial charge in [-0.3, -0.25) is 0 Å². The van der Waals surface area contributed by atoms with Gasteiger partial charge >= 0.3 is 0 Å². The van der Waals surface area contributed by atoms with E-state index in [-0.39, 0.29) is 24.4 Å². The maximum Gasteiger partial charge on any atom is 0.134 e. The van der Waals surface area contributed by atoms with Crippen molar-refractivity contribution in [2.24, 2.45) is 0 Å². The van der Waals surface area contributed by atoms with E-state index in [4.69, 9.17) is 16.3 Å². The monoisotopic (exact) mass is 567 g/mol. The molecule has 0 saturated carbocycles. The highest BCUT2D eigenvalue weighted by Crippen LogP contribution is 2.28. The number of aliphatic hydroxyl groups is 2. The molecule has 1 saturated heterocycles. The second-order valence-corrected chi connectivity index (χ2v) is 12.1. The predicted molar refractivity (Wildman–Crippen MR) is 163 cm³/mol. The molecule has 1 fully saturated rings. The topological polar surface area (TPSA) is 87.5 Å². The minimum Gasteiger partial charge on any atom is -0.390 e. The zero-order valence-electron chi connectivity index (χ0n) is 24.8. The van der Waals surface area contributed by atoms with Crippen LogP contribution in [-0.4, -0.2) is 51.1 Å². The summed E-state index contributed by atoms with van der Waals surface area (Å²) in [6.07, 6.45) is 26.6. The molecule has 0 amide bonds. The Balaban J connectivity index is 1.36. The lowest BCUT2D eigenvalue weighted by molar-refractivity contribution is -0.0786. The third-order valence-corrected chi connectivity index (χ3v) is 8.37. The van der Waals surface area contributed by atoms with E-state index in [1.807, 2.05) is 0 Å². The molecule has 0 radical (unpaired) electrons. The summed E-state index contributed by atoms with van der Waals surface area (Å²) in [5, 5.41) is 24.9. The van der Waals surface area contributed by atoms with Crippen LogP contribution in [0.2, 0.25) is 5.15 Å².